The molecule has 1 atom stereocenters. The minimum Gasteiger partial charge on any atom is -0.355 e. The van der Waals surface area contributed by atoms with Gasteiger partial charge in [-0.2, -0.15) is 0 Å². The molecule has 0 rings (SSSR count). The molecule has 0 bridgehead atoms. The Balaban J connectivity index is 3.58. The van der Waals surface area contributed by atoms with Crippen LogP contribution in [0, 0.1) is 5.92 Å². The maximum atomic E-state index is 5.25. The molecule has 0 aliphatic carbocycles. The van der Waals surface area contributed by atoms with Gasteiger partial charge in [0.2, 0.25) is 0 Å². The highest BCUT2D eigenvalue weighted by Gasteiger charge is 2.16. The summed E-state index contributed by atoms with van der Waals surface area (Å²) in [5, 5.41) is 0. The molecule has 1 unspecified atom stereocenters. The lowest BCUT2D eigenvalue weighted by molar-refractivity contribution is -0.127. The van der Waals surface area contributed by atoms with Crippen LogP contribution in [0.1, 0.15) is 51.9 Å². The molecule has 0 fully saturated rings. The summed E-state index contributed by atoms with van der Waals surface area (Å²) in [6, 6.07) is 0. The molecule has 0 amide bonds. The van der Waals surface area contributed by atoms with Gasteiger partial charge in [0.1, 0.15) is 0 Å². The molecular weight excluding hydrogens is 200 g/mol. The summed E-state index contributed by atoms with van der Waals surface area (Å²) in [7, 11) is 3.37. The average Bonchev–Trinajstić information content (AvgIpc) is 2.32. The van der Waals surface area contributed by atoms with Gasteiger partial charge >= 0.3 is 0 Å². The Morgan fingerprint density at radius 1 is 1.00 bits per heavy atom. The van der Waals surface area contributed by atoms with E-state index >= 15 is 0 Å². The Morgan fingerprint density at radius 2 is 1.56 bits per heavy atom. The van der Waals surface area contributed by atoms with Crippen LogP contribution in [0.15, 0.2) is 12.7 Å². The molecular formula is C14H28O2. The first-order valence-electron chi connectivity index (χ1n) is 6.48. The summed E-state index contributed by atoms with van der Waals surface area (Å²) < 4.78 is 10.5. The van der Waals surface area contributed by atoms with Gasteiger partial charge in [0, 0.05) is 20.1 Å². The third kappa shape index (κ3) is 7.02. The summed E-state index contributed by atoms with van der Waals surface area (Å²) in [5.74, 6) is 0.321. The topological polar surface area (TPSA) is 18.5 Å². The lowest BCUT2D eigenvalue weighted by Crippen LogP contribution is -2.23. The van der Waals surface area contributed by atoms with Crippen LogP contribution >= 0.6 is 0 Å². The second-order valence-electron chi connectivity index (χ2n) is 4.30. The number of hydrogen-bond acceptors (Lipinski definition) is 2. The molecule has 16 heavy (non-hydrogen) atoms. The van der Waals surface area contributed by atoms with Crippen molar-refractivity contribution in [2.45, 2.75) is 58.2 Å². The van der Waals surface area contributed by atoms with Crippen molar-refractivity contribution in [1.82, 2.24) is 0 Å². The van der Waals surface area contributed by atoms with Crippen molar-refractivity contribution in [2.24, 2.45) is 5.92 Å². The highest BCUT2D eigenvalue weighted by Crippen LogP contribution is 2.18. The van der Waals surface area contributed by atoms with E-state index in [1.54, 1.807) is 14.2 Å². The van der Waals surface area contributed by atoms with Crippen molar-refractivity contribution in [3.05, 3.63) is 12.7 Å². The van der Waals surface area contributed by atoms with E-state index in [0.29, 0.717) is 5.92 Å². The van der Waals surface area contributed by atoms with Gasteiger partial charge in [-0.05, 0) is 6.42 Å². The molecule has 0 saturated heterocycles. The van der Waals surface area contributed by atoms with Gasteiger partial charge in [-0.15, -0.1) is 6.58 Å². The summed E-state index contributed by atoms with van der Waals surface area (Å²) in [6.45, 7) is 6.09. The van der Waals surface area contributed by atoms with Crippen molar-refractivity contribution < 1.29 is 9.47 Å². The van der Waals surface area contributed by atoms with E-state index in [9.17, 15) is 0 Å². The van der Waals surface area contributed by atoms with Gasteiger partial charge in [0.25, 0.3) is 0 Å². The van der Waals surface area contributed by atoms with Crippen molar-refractivity contribution in [2.75, 3.05) is 14.2 Å². The molecule has 2 heteroatoms. The van der Waals surface area contributed by atoms with E-state index in [4.69, 9.17) is 9.47 Å². The number of rotatable bonds is 11. The minimum absolute atomic E-state index is 0.131. The van der Waals surface area contributed by atoms with Gasteiger partial charge in [0.05, 0.1) is 0 Å². The smallest absolute Gasteiger partial charge is 0.162 e. The number of hydrogen-bond donors (Lipinski definition) is 0. The Labute approximate surface area is 101 Å². The SMILES string of the molecule is C=CC(CCCCCCCC)C(OC)OC. The van der Waals surface area contributed by atoms with E-state index in [1.165, 1.54) is 38.5 Å². The first kappa shape index (κ1) is 15.7. The van der Waals surface area contributed by atoms with E-state index < -0.39 is 0 Å². The normalized spacial score (nSPS) is 13.0. The predicted molar refractivity (Wildman–Crippen MR) is 69.5 cm³/mol. The zero-order chi connectivity index (χ0) is 12.2. The lowest BCUT2D eigenvalue weighted by atomic mass is 9.99. The van der Waals surface area contributed by atoms with E-state index in [-0.39, 0.29) is 6.29 Å². The first-order chi connectivity index (χ1) is 7.79. The number of methoxy groups -OCH3 is 2. The number of ether oxygens (including phenoxy) is 2. The van der Waals surface area contributed by atoms with Crippen molar-refractivity contribution in [3.63, 3.8) is 0 Å². The van der Waals surface area contributed by atoms with Crippen LogP contribution in [0.5, 0.6) is 0 Å². The van der Waals surface area contributed by atoms with Crippen molar-refractivity contribution in [1.29, 1.82) is 0 Å². The van der Waals surface area contributed by atoms with Crippen LogP contribution in [-0.2, 0) is 9.47 Å². The van der Waals surface area contributed by atoms with Crippen LogP contribution in [0.4, 0.5) is 0 Å². The summed E-state index contributed by atoms with van der Waals surface area (Å²) >= 11 is 0. The Kier molecular flexibility index (Phi) is 10.9. The molecule has 0 aromatic carbocycles. The molecule has 0 aromatic heterocycles. The molecule has 0 N–H and O–H groups in total. The minimum atomic E-state index is -0.131. The van der Waals surface area contributed by atoms with Gasteiger partial charge in [-0.25, -0.2) is 0 Å². The van der Waals surface area contributed by atoms with Crippen LogP contribution < -0.4 is 0 Å². The lowest BCUT2D eigenvalue weighted by Gasteiger charge is -2.21. The maximum absolute atomic E-state index is 5.25. The maximum Gasteiger partial charge on any atom is 0.162 e. The van der Waals surface area contributed by atoms with E-state index in [1.807, 2.05) is 6.08 Å². The van der Waals surface area contributed by atoms with Gasteiger partial charge < -0.3 is 9.47 Å². The van der Waals surface area contributed by atoms with Gasteiger partial charge in [-0.3, -0.25) is 0 Å². The molecule has 2 nitrogen and oxygen atoms in total. The van der Waals surface area contributed by atoms with Crippen molar-refractivity contribution in [3.8, 4) is 0 Å². The standard InChI is InChI=1S/C14H28O2/c1-5-7-8-9-10-11-12-13(6-2)14(15-3)16-4/h6,13-14H,2,5,7-12H2,1,3-4H3. The molecule has 0 aliphatic rings. The fourth-order valence-corrected chi connectivity index (χ4v) is 1.97. The third-order valence-corrected chi connectivity index (χ3v) is 3.01. The molecule has 0 heterocycles. The third-order valence-electron chi connectivity index (χ3n) is 3.01. The monoisotopic (exact) mass is 228 g/mol. The molecule has 0 aromatic rings. The fourth-order valence-electron chi connectivity index (χ4n) is 1.97. The Morgan fingerprint density at radius 3 is 2.06 bits per heavy atom. The Bertz CT molecular complexity index is 153. The van der Waals surface area contributed by atoms with Crippen molar-refractivity contribution >= 4 is 0 Å². The quantitative estimate of drug-likeness (QED) is 0.300. The van der Waals surface area contributed by atoms with E-state index in [2.05, 4.69) is 13.5 Å². The highest BCUT2D eigenvalue weighted by atomic mass is 16.7. The first-order valence-corrected chi connectivity index (χ1v) is 6.48. The second-order valence-corrected chi connectivity index (χ2v) is 4.30. The largest absolute Gasteiger partial charge is 0.355 e. The van der Waals surface area contributed by atoms with Crippen LogP contribution in [0.25, 0.3) is 0 Å². The summed E-state index contributed by atoms with van der Waals surface area (Å²) in [5.41, 5.74) is 0. The molecule has 96 valence electrons. The van der Waals surface area contributed by atoms with Crippen LogP contribution in [0.2, 0.25) is 0 Å². The zero-order valence-corrected chi connectivity index (χ0v) is 11.2. The highest BCUT2D eigenvalue weighted by molar-refractivity contribution is 4.81. The van der Waals surface area contributed by atoms with Crippen LogP contribution in [-0.4, -0.2) is 20.5 Å². The molecule has 0 saturated carbocycles. The number of unbranched alkanes of at least 4 members (excludes halogenated alkanes) is 5. The van der Waals surface area contributed by atoms with E-state index in [0.717, 1.165) is 6.42 Å². The summed E-state index contributed by atoms with van der Waals surface area (Å²) in [4.78, 5) is 0. The zero-order valence-electron chi connectivity index (χ0n) is 11.2. The summed E-state index contributed by atoms with van der Waals surface area (Å²) in [6.07, 6.45) is 10.9. The molecule has 0 radical (unpaired) electrons. The predicted octanol–water partition coefficient (Wildman–Crippen LogP) is 4.16. The van der Waals surface area contributed by atoms with Gasteiger partial charge in [-0.1, -0.05) is 51.5 Å². The van der Waals surface area contributed by atoms with Crippen LogP contribution in [0.3, 0.4) is 0 Å². The van der Waals surface area contributed by atoms with Gasteiger partial charge in [0.15, 0.2) is 6.29 Å². The second kappa shape index (κ2) is 11.2. The molecule has 0 spiro atoms. The molecule has 0 aliphatic heterocycles. The average molecular weight is 228 g/mol. The Hall–Kier alpha value is -0.340. The fraction of sp³-hybridized carbons (Fsp3) is 0.857.